The minimum Gasteiger partial charge on any atom is -0.354 e. The SMILES string of the molecule is CCCNCCNC(=O)c1ccc(N(CC)C(C)C)nc1.Cl.Cl. The van der Waals surface area contributed by atoms with Gasteiger partial charge in [-0.1, -0.05) is 6.92 Å². The molecule has 0 aliphatic heterocycles. The van der Waals surface area contributed by atoms with Crippen molar-refractivity contribution in [1.82, 2.24) is 15.6 Å². The second-order valence-electron chi connectivity index (χ2n) is 5.29. The third-order valence-electron chi connectivity index (χ3n) is 3.28. The van der Waals surface area contributed by atoms with Crippen molar-refractivity contribution < 1.29 is 4.79 Å². The number of carbonyl (C=O) groups is 1. The summed E-state index contributed by atoms with van der Waals surface area (Å²) in [6.07, 6.45) is 2.75. The first-order valence-corrected chi connectivity index (χ1v) is 7.81. The van der Waals surface area contributed by atoms with Crippen molar-refractivity contribution in [3.8, 4) is 0 Å². The van der Waals surface area contributed by atoms with E-state index in [9.17, 15) is 4.79 Å². The van der Waals surface area contributed by atoms with Gasteiger partial charge in [-0.25, -0.2) is 4.98 Å². The van der Waals surface area contributed by atoms with Crippen LogP contribution in [0.1, 0.15) is 44.5 Å². The van der Waals surface area contributed by atoms with Crippen LogP contribution in [-0.2, 0) is 0 Å². The zero-order valence-electron chi connectivity index (χ0n) is 14.5. The van der Waals surface area contributed by atoms with Gasteiger partial charge >= 0.3 is 0 Å². The van der Waals surface area contributed by atoms with Crippen LogP contribution in [0.15, 0.2) is 18.3 Å². The second kappa shape index (κ2) is 13.4. The van der Waals surface area contributed by atoms with Crippen molar-refractivity contribution in [2.45, 2.75) is 40.2 Å². The Kier molecular flexibility index (Phi) is 14.1. The summed E-state index contributed by atoms with van der Waals surface area (Å²) in [5.41, 5.74) is 0.606. The predicted molar refractivity (Wildman–Crippen MR) is 102 cm³/mol. The molecule has 0 saturated carbocycles. The highest BCUT2D eigenvalue weighted by atomic mass is 35.5. The van der Waals surface area contributed by atoms with Gasteiger partial charge in [0.2, 0.25) is 0 Å². The Bertz CT molecular complexity index is 427. The fourth-order valence-electron chi connectivity index (χ4n) is 2.15. The lowest BCUT2D eigenvalue weighted by Gasteiger charge is -2.26. The van der Waals surface area contributed by atoms with E-state index >= 15 is 0 Å². The standard InChI is InChI=1S/C16H28N4O.2ClH/c1-5-9-17-10-11-18-16(21)14-7-8-15(19-12-14)20(6-2)13(3)4;;/h7-8,12-13,17H,5-6,9-11H2,1-4H3,(H,18,21);2*1H. The number of anilines is 1. The first-order valence-electron chi connectivity index (χ1n) is 7.81. The van der Waals surface area contributed by atoms with E-state index in [1.807, 2.05) is 12.1 Å². The van der Waals surface area contributed by atoms with Crippen LogP contribution < -0.4 is 15.5 Å². The van der Waals surface area contributed by atoms with Crippen molar-refractivity contribution in [3.63, 3.8) is 0 Å². The number of nitrogens with zero attached hydrogens (tertiary/aromatic N) is 2. The van der Waals surface area contributed by atoms with Crippen molar-refractivity contribution in [2.24, 2.45) is 0 Å². The number of hydrogen-bond acceptors (Lipinski definition) is 4. The third kappa shape index (κ3) is 8.39. The normalized spacial score (nSPS) is 9.78. The molecule has 23 heavy (non-hydrogen) atoms. The van der Waals surface area contributed by atoms with Crippen LogP contribution >= 0.6 is 24.8 Å². The van der Waals surface area contributed by atoms with E-state index in [-0.39, 0.29) is 30.7 Å². The predicted octanol–water partition coefficient (Wildman–Crippen LogP) is 2.89. The molecule has 0 saturated heterocycles. The molecule has 1 heterocycles. The minimum atomic E-state index is -0.0695. The lowest BCUT2D eigenvalue weighted by atomic mass is 10.2. The maximum Gasteiger partial charge on any atom is 0.252 e. The number of rotatable bonds is 9. The third-order valence-corrected chi connectivity index (χ3v) is 3.28. The van der Waals surface area contributed by atoms with Gasteiger partial charge in [0.15, 0.2) is 0 Å². The van der Waals surface area contributed by atoms with Crippen LogP contribution in [0.4, 0.5) is 5.82 Å². The Morgan fingerprint density at radius 2 is 1.87 bits per heavy atom. The minimum absolute atomic E-state index is 0. The molecule has 0 unspecified atom stereocenters. The molecule has 1 aromatic rings. The molecule has 7 heteroatoms. The van der Waals surface area contributed by atoms with Gasteiger partial charge in [-0.2, -0.15) is 0 Å². The Balaban J connectivity index is 0. The van der Waals surface area contributed by atoms with Crippen LogP contribution in [-0.4, -0.2) is 43.1 Å². The number of amides is 1. The Morgan fingerprint density at radius 3 is 2.35 bits per heavy atom. The topological polar surface area (TPSA) is 57.3 Å². The lowest BCUT2D eigenvalue weighted by Crippen LogP contribution is -2.33. The number of pyridine rings is 1. The summed E-state index contributed by atoms with van der Waals surface area (Å²) < 4.78 is 0. The van der Waals surface area contributed by atoms with Gasteiger partial charge in [-0.05, 0) is 45.9 Å². The van der Waals surface area contributed by atoms with Gasteiger partial charge in [-0.15, -0.1) is 24.8 Å². The van der Waals surface area contributed by atoms with E-state index in [4.69, 9.17) is 0 Å². The smallest absolute Gasteiger partial charge is 0.252 e. The average Bonchev–Trinajstić information content (AvgIpc) is 2.48. The number of carbonyl (C=O) groups excluding carboxylic acids is 1. The molecule has 1 aromatic heterocycles. The second-order valence-corrected chi connectivity index (χ2v) is 5.29. The quantitative estimate of drug-likeness (QED) is 0.661. The van der Waals surface area contributed by atoms with Crippen molar-refractivity contribution in [3.05, 3.63) is 23.9 Å². The largest absolute Gasteiger partial charge is 0.354 e. The highest BCUT2D eigenvalue weighted by molar-refractivity contribution is 5.94. The maximum atomic E-state index is 12.0. The number of hydrogen-bond donors (Lipinski definition) is 2. The highest BCUT2D eigenvalue weighted by Crippen LogP contribution is 2.13. The summed E-state index contributed by atoms with van der Waals surface area (Å²) in [6.45, 7) is 11.8. The molecule has 5 nitrogen and oxygen atoms in total. The van der Waals surface area contributed by atoms with Crippen molar-refractivity contribution >= 4 is 36.5 Å². The maximum absolute atomic E-state index is 12.0. The van der Waals surface area contributed by atoms with Crippen LogP contribution in [0, 0.1) is 0 Å². The summed E-state index contributed by atoms with van der Waals surface area (Å²) >= 11 is 0. The molecule has 0 spiro atoms. The van der Waals surface area contributed by atoms with Gasteiger partial charge in [0.1, 0.15) is 5.82 Å². The molecule has 2 N–H and O–H groups in total. The van der Waals surface area contributed by atoms with Gasteiger partial charge in [0.05, 0.1) is 5.56 Å². The van der Waals surface area contributed by atoms with E-state index in [0.717, 1.165) is 31.9 Å². The molecule has 0 bridgehead atoms. The summed E-state index contributed by atoms with van der Waals surface area (Å²) in [4.78, 5) is 18.6. The van der Waals surface area contributed by atoms with Gasteiger partial charge in [0.25, 0.3) is 5.91 Å². The van der Waals surface area contributed by atoms with Crippen LogP contribution in [0.25, 0.3) is 0 Å². The summed E-state index contributed by atoms with van der Waals surface area (Å²) in [6, 6.07) is 4.14. The summed E-state index contributed by atoms with van der Waals surface area (Å²) in [5, 5.41) is 6.14. The molecule has 1 rings (SSSR count). The number of nitrogens with one attached hydrogen (secondary N) is 2. The fourth-order valence-corrected chi connectivity index (χ4v) is 2.15. The van der Waals surface area contributed by atoms with Crippen LogP contribution in [0.3, 0.4) is 0 Å². The summed E-state index contributed by atoms with van der Waals surface area (Å²) in [5.74, 6) is 0.841. The molecule has 0 aliphatic rings. The molecule has 0 atom stereocenters. The highest BCUT2D eigenvalue weighted by Gasteiger charge is 2.11. The van der Waals surface area contributed by atoms with E-state index < -0.39 is 0 Å². The fraction of sp³-hybridized carbons (Fsp3) is 0.625. The molecular weight excluding hydrogens is 335 g/mol. The van der Waals surface area contributed by atoms with E-state index in [2.05, 4.69) is 48.2 Å². The lowest BCUT2D eigenvalue weighted by molar-refractivity contribution is 0.0953. The van der Waals surface area contributed by atoms with Gasteiger partial charge in [-0.3, -0.25) is 4.79 Å². The van der Waals surface area contributed by atoms with Gasteiger partial charge < -0.3 is 15.5 Å². The molecular formula is C16H30Cl2N4O. The molecule has 0 radical (unpaired) electrons. The van der Waals surface area contributed by atoms with Gasteiger partial charge in [0, 0.05) is 31.9 Å². The van der Waals surface area contributed by atoms with E-state index in [0.29, 0.717) is 18.2 Å². The molecule has 134 valence electrons. The van der Waals surface area contributed by atoms with Crippen molar-refractivity contribution in [2.75, 3.05) is 31.1 Å². The molecule has 0 aromatic carbocycles. The number of aromatic nitrogens is 1. The van der Waals surface area contributed by atoms with Crippen LogP contribution in [0.5, 0.6) is 0 Å². The first kappa shape index (κ1) is 24.2. The first-order chi connectivity index (χ1) is 10.1. The Labute approximate surface area is 152 Å². The summed E-state index contributed by atoms with van der Waals surface area (Å²) in [7, 11) is 0. The molecule has 0 fully saturated rings. The Morgan fingerprint density at radius 1 is 1.17 bits per heavy atom. The van der Waals surface area contributed by atoms with E-state index in [1.165, 1.54) is 0 Å². The molecule has 0 aliphatic carbocycles. The van der Waals surface area contributed by atoms with E-state index in [1.54, 1.807) is 6.20 Å². The van der Waals surface area contributed by atoms with Crippen LogP contribution in [0.2, 0.25) is 0 Å². The zero-order chi connectivity index (χ0) is 15.7. The average molecular weight is 365 g/mol. The monoisotopic (exact) mass is 364 g/mol. The Hall–Kier alpha value is -1.04. The molecule has 1 amide bonds. The van der Waals surface area contributed by atoms with Crippen molar-refractivity contribution in [1.29, 1.82) is 0 Å². The zero-order valence-corrected chi connectivity index (χ0v) is 16.1. The number of halogens is 2.